The Hall–Kier alpha value is -0.650. The van der Waals surface area contributed by atoms with E-state index >= 15 is 0 Å². The highest BCUT2D eigenvalue weighted by Gasteiger charge is 2.30. The van der Waals surface area contributed by atoms with Crippen LogP contribution in [0.25, 0.3) is 0 Å². The van der Waals surface area contributed by atoms with Gasteiger partial charge in [-0.05, 0) is 39.7 Å². The van der Waals surface area contributed by atoms with Crippen molar-refractivity contribution in [2.45, 2.75) is 64.6 Å². The lowest BCUT2D eigenvalue weighted by Gasteiger charge is -2.36. The molecule has 1 N–H and O–H groups in total. The molecule has 5 heteroatoms. The molecule has 5 nitrogen and oxygen atoms in total. The van der Waals surface area contributed by atoms with Crippen LogP contribution in [0.1, 0.15) is 46.5 Å². The Morgan fingerprint density at radius 3 is 2.64 bits per heavy atom. The van der Waals surface area contributed by atoms with Crippen LogP contribution in [-0.4, -0.2) is 73.2 Å². The van der Waals surface area contributed by atoms with Crippen molar-refractivity contribution >= 4 is 5.91 Å². The van der Waals surface area contributed by atoms with E-state index in [1.54, 1.807) is 0 Å². The lowest BCUT2D eigenvalue weighted by atomic mass is 10.0. The third kappa shape index (κ3) is 5.21. The highest BCUT2D eigenvalue weighted by atomic mass is 16.5. The molecular formula is C17H33N3O2. The topological polar surface area (TPSA) is 44.8 Å². The van der Waals surface area contributed by atoms with Gasteiger partial charge in [-0.25, -0.2) is 0 Å². The molecule has 2 fully saturated rings. The van der Waals surface area contributed by atoms with Gasteiger partial charge in [0.25, 0.3) is 5.91 Å². The predicted octanol–water partition coefficient (Wildman–Crippen LogP) is 1.48. The zero-order valence-electron chi connectivity index (χ0n) is 14.5. The number of nitrogens with one attached hydrogen (secondary N) is 1. The average molecular weight is 311 g/mol. The van der Waals surface area contributed by atoms with Crippen LogP contribution in [0, 0.1) is 0 Å². The zero-order valence-corrected chi connectivity index (χ0v) is 14.5. The summed E-state index contributed by atoms with van der Waals surface area (Å²) in [7, 11) is 0. The van der Waals surface area contributed by atoms with Crippen LogP contribution in [-0.2, 0) is 9.53 Å². The predicted molar refractivity (Wildman–Crippen MR) is 89.0 cm³/mol. The van der Waals surface area contributed by atoms with Gasteiger partial charge in [0.2, 0.25) is 0 Å². The number of morpholine rings is 1. The van der Waals surface area contributed by atoms with E-state index < -0.39 is 0 Å². The number of likely N-dealkylation sites (tertiary alicyclic amines) is 1. The van der Waals surface area contributed by atoms with Crippen LogP contribution in [0.2, 0.25) is 0 Å². The molecule has 2 heterocycles. The molecule has 0 aromatic carbocycles. The molecule has 1 atom stereocenters. The average Bonchev–Trinajstić information content (AvgIpc) is 2.54. The molecule has 1 unspecified atom stereocenters. The van der Waals surface area contributed by atoms with Gasteiger partial charge in [-0.1, -0.05) is 13.3 Å². The summed E-state index contributed by atoms with van der Waals surface area (Å²) in [5, 5.41) is 3.21. The SMILES string of the molecule is CCCCN1CCC(NC(=O)C2CN(C(C)C)CCO2)CC1. The number of ether oxygens (including phenoxy) is 1. The highest BCUT2D eigenvalue weighted by Crippen LogP contribution is 2.13. The Kier molecular flexibility index (Phi) is 7.12. The van der Waals surface area contributed by atoms with E-state index in [1.807, 2.05) is 0 Å². The number of carbonyl (C=O) groups excluding carboxylic acids is 1. The number of piperidine rings is 1. The quantitative estimate of drug-likeness (QED) is 0.807. The fraction of sp³-hybridized carbons (Fsp3) is 0.941. The molecule has 1 amide bonds. The van der Waals surface area contributed by atoms with Gasteiger partial charge in [-0.2, -0.15) is 0 Å². The Labute approximate surface area is 135 Å². The number of nitrogens with zero attached hydrogens (tertiary/aromatic N) is 2. The summed E-state index contributed by atoms with van der Waals surface area (Å²) >= 11 is 0. The molecule has 2 aliphatic heterocycles. The minimum atomic E-state index is -0.297. The first-order valence-electron chi connectivity index (χ1n) is 8.98. The van der Waals surface area contributed by atoms with Gasteiger partial charge in [0.05, 0.1) is 6.61 Å². The summed E-state index contributed by atoms with van der Waals surface area (Å²) in [4.78, 5) is 17.2. The standard InChI is InChI=1S/C17H33N3O2/c1-4-5-8-19-9-6-15(7-10-19)18-17(21)16-13-20(14(2)3)11-12-22-16/h14-16H,4-13H2,1-3H3,(H,18,21). The molecule has 0 aromatic heterocycles. The lowest BCUT2D eigenvalue weighted by Crippen LogP contribution is -2.54. The Morgan fingerprint density at radius 2 is 2.00 bits per heavy atom. The van der Waals surface area contributed by atoms with Crippen molar-refractivity contribution in [2.24, 2.45) is 0 Å². The van der Waals surface area contributed by atoms with E-state index in [-0.39, 0.29) is 12.0 Å². The molecule has 0 radical (unpaired) electrons. The number of hydrogen-bond acceptors (Lipinski definition) is 4. The fourth-order valence-electron chi connectivity index (χ4n) is 3.27. The number of unbranched alkanes of at least 4 members (excludes halogenated alkanes) is 1. The van der Waals surface area contributed by atoms with Gasteiger partial charge in [0.15, 0.2) is 0 Å². The fourth-order valence-corrected chi connectivity index (χ4v) is 3.27. The second kappa shape index (κ2) is 8.85. The first-order valence-corrected chi connectivity index (χ1v) is 8.98. The van der Waals surface area contributed by atoms with Gasteiger partial charge in [-0.15, -0.1) is 0 Å². The molecule has 128 valence electrons. The molecule has 22 heavy (non-hydrogen) atoms. The normalized spacial score (nSPS) is 25.5. The van der Waals surface area contributed by atoms with Crippen molar-refractivity contribution in [3.63, 3.8) is 0 Å². The second-order valence-electron chi connectivity index (χ2n) is 6.93. The third-order valence-electron chi connectivity index (χ3n) is 4.88. The maximum Gasteiger partial charge on any atom is 0.250 e. The van der Waals surface area contributed by atoms with Gasteiger partial charge < -0.3 is 15.0 Å². The van der Waals surface area contributed by atoms with Crippen LogP contribution in [0.4, 0.5) is 0 Å². The number of rotatable bonds is 6. The molecule has 2 saturated heterocycles. The number of amides is 1. The van der Waals surface area contributed by atoms with Gasteiger partial charge in [0.1, 0.15) is 6.10 Å². The summed E-state index contributed by atoms with van der Waals surface area (Å²) in [5.41, 5.74) is 0. The first kappa shape index (κ1) is 17.7. The first-order chi connectivity index (χ1) is 10.6. The van der Waals surface area contributed by atoms with Gasteiger partial charge in [-0.3, -0.25) is 9.69 Å². The molecule has 0 bridgehead atoms. The molecule has 0 aliphatic carbocycles. The van der Waals surface area contributed by atoms with Gasteiger partial charge in [0, 0.05) is 38.3 Å². The Bertz CT molecular complexity index is 341. The smallest absolute Gasteiger partial charge is 0.250 e. The molecule has 2 aliphatic rings. The molecule has 0 aromatic rings. The van der Waals surface area contributed by atoms with E-state index in [9.17, 15) is 4.79 Å². The van der Waals surface area contributed by atoms with E-state index in [2.05, 4.69) is 35.9 Å². The minimum absolute atomic E-state index is 0.0809. The van der Waals surface area contributed by atoms with Crippen molar-refractivity contribution in [1.29, 1.82) is 0 Å². The number of hydrogen-bond donors (Lipinski definition) is 1. The van der Waals surface area contributed by atoms with E-state index in [0.29, 0.717) is 18.7 Å². The Balaban J connectivity index is 1.71. The van der Waals surface area contributed by atoms with E-state index in [1.165, 1.54) is 19.4 Å². The Morgan fingerprint density at radius 1 is 1.27 bits per heavy atom. The highest BCUT2D eigenvalue weighted by molar-refractivity contribution is 5.81. The summed E-state index contributed by atoms with van der Waals surface area (Å²) in [6, 6.07) is 0.796. The molecule has 2 rings (SSSR count). The number of carbonyl (C=O) groups is 1. The summed E-state index contributed by atoms with van der Waals surface area (Å²) < 4.78 is 5.67. The zero-order chi connectivity index (χ0) is 15.9. The molecule has 0 spiro atoms. The summed E-state index contributed by atoms with van der Waals surface area (Å²) in [6.45, 7) is 12.3. The minimum Gasteiger partial charge on any atom is -0.366 e. The van der Waals surface area contributed by atoms with Crippen LogP contribution < -0.4 is 5.32 Å². The lowest BCUT2D eigenvalue weighted by molar-refractivity contribution is -0.140. The van der Waals surface area contributed by atoms with Crippen molar-refractivity contribution < 1.29 is 9.53 Å². The van der Waals surface area contributed by atoms with Crippen LogP contribution in [0.3, 0.4) is 0 Å². The van der Waals surface area contributed by atoms with Crippen LogP contribution >= 0.6 is 0 Å². The maximum atomic E-state index is 12.4. The summed E-state index contributed by atoms with van der Waals surface area (Å²) in [6.07, 6.45) is 4.36. The van der Waals surface area contributed by atoms with Crippen molar-refractivity contribution in [1.82, 2.24) is 15.1 Å². The third-order valence-corrected chi connectivity index (χ3v) is 4.88. The van der Waals surface area contributed by atoms with Crippen molar-refractivity contribution in [3.05, 3.63) is 0 Å². The van der Waals surface area contributed by atoms with E-state index in [0.717, 1.165) is 39.0 Å². The van der Waals surface area contributed by atoms with Crippen molar-refractivity contribution in [3.8, 4) is 0 Å². The van der Waals surface area contributed by atoms with Crippen LogP contribution in [0.5, 0.6) is 0 Å². The van der Waals surface area contributed by atoms with E-state index in [4.69, 9.17) is 4.74 Å². The molecule has 0 saturated carbocycles. The largest absolute Gasteiger partial charge is 0.366 e. The van der Waals surface area contributed by atoms with Gasteiger partial charge >= 0.3 is 0 Å². The summed E-state index contributed by atoms with van der Waals surface area (Å²) in [5.74, 6) is 0.0809. The second-order valence-corrected chi connectivity index (χ2v) is 6.93. The monoisotopic (exact) mass is 311 g/mol. The van der Waals surface area contributed by atoms with Crippen molar-refractivity contribution in [2.75, 3.05) is 39.3 Å². The maximum absolute atomic E-state index is 12.4. The van der Waals surface area contributed by atoms with Crippen LogP contribution in [0.15, 0.2) is 0 Å². The molecular weight excluding hydrogens is 278 g/mol.